The van der Waals surface area contributed by atoms with E-state index in [0.717, 1.165) is 5.92 Å². The van der Waals surface area contributed by atoms with Crippen LogP contribution in [-0.2, 0) is 10.1 Å². The minimum absolute atomic E-state index is 0. The molecule has 4 heteroatoms. The zero-order chi connectivity index (χ0) is 14.9. The van der Waals surface area contributed by atoms with Crippen molar-refractivity contribution in [2.24, 2.45) is 5.92 Å². The molecule has 2 aromatic carbocycles. The van der Waals surface area contributed by atoms with Crippen LogP contribution in [0.4, 0.5) is 0 Å². The van der Waals surface area contributed by atoms with Gasteiger partial charge in [0.25, 0.3) is 10.1 Å². The number of rotatable bonds is 0. The summed E-state index contributed by atoms with van der Waals surface area (Å²) in [7, 11) is -3.67. The molecule has 2 aromatic rings. The molecule has 0 bridgehead atoms. The standard InChI is InChI=1S/C10H8.C4H10.CH4O3S.CH4/c1-2-6-10-8-4-3-7-9(10)5-1;1-4(2)3;1-5(2,3)4;/h1-8H;4H,1-3H3;1H3,(H,2,3,4);1H4. The lowest BCUT2D eigenvalue weighted by molar-refractivity contribution is 0.490. The van der Waals surface area contributed by atoms with Crippen molar-refractivity contribution in [3.8, 4) is 0 Å². The highest BCUT2D eigenvalue weighted by atomic mass is 32.2. The molecule has 0 saturated carbocycles. The van der Waals surface area contributed by atoms with E-state index in [1.54, 1.807) is 0 Å². The van der Waals surface area contributed by atoms with Gasteiger partial charge in [-0.05, 0) is 16.7 Å². The van der Waals surface area contributed by atoms with E-state index in [1.807, 2.05) is 0 Å². The summed E-state index contributed by atoms with van der Waals surface area (Å²) < 4.78 is 25.9. The first kappa shape index (κ1) is 20.9. The Morgan fingerprint density at radius 1 is 0.850 bits per heavy atom. The minimum Gasteiger partial charge on any atom is -0.286 e. The Kier molecular flexibility index (Phi) is 10.9. The van der Waals surface area contributed by atoms with Gasteiger partial charge >= 0.3 is 0 Å². The average molecular weight is 298 g/mol. The first-order chi connectivity index (χ1) is 8.70. The van der Waals surface area contributed by atoms with Crippen LogP contribution in [0.5, 0.6) is 0 Å². The van der Waals surface area contributed by atoms with Crippen molar-refractivity contribution in [1.82, 2.24) is 0 Å². The third-order valence-electron chi connectivity index (χ3n) is 1.66. The fourth-order valence-corrected chi connectivity index (χ4v) is 1.13. The fourth-order valence-electron chi connectivity index (χ4n) is 1.13. The SMILES string of the molecule is C.CC(C)C.CS(=O)(=O)O.c1ccc2ccccc2c1. The predicted molar refractivity (Wildman–Crippen MR) is 88.7 cm³/mol. The first-order valence-corrected chi connectivity index (χ1v) is 7.91. The summed E-state index contributed by atoms with van der Waals surface area (Å²) in [5.74, 6) is 0.833. The summed E-state index contributed by atoms with van der Waals surface area (Å²) in [5.41, 5.74) is 0. The summed E-state index contributed by atoms with van der Waals surface area (Å²) in [6.07, 6.45) is 0.715. The van der Waals surface area contributed by atoms with Crippen LogP contribution in [0.2, 0.25) is 0 Å². The lowest BCUT2D eigenvalue weighted by Crippen LogP contribution is -1.88. The van der Waals surface area contributed by atoms with Crippen LogP contribution in [0.3, 0.4) is 0 Å². The molecular weight excluding hydrogens is 272 g/mol. The molecule has 114 valence electrons. The van der Waals surface area contributed by atoms with Gasteiger partial charge in [-0.3, -0.25) is 4.55 Å². The first-order valence-electron chi connectivity index (χ1n) is 6.06. The molecule has 0 unspecified atom stereocenters. The van der Waals surface area contributed by atoms with Crippen molar-refractivity contribution in [2.45, 2.75) is 28.2 Å². The second-order valence-electron chi connectivity index (χ2n) is 4.81. The Labute approximate surface area is 123 Å². The predicted octanol–water partition coefficient (Wildman–Crippen LogP) is 4.64. The van der Waals surface area contributed by atoms with E-state index in [9.17, 15) is 8.42 Å². The minimum atomic E-state index is -3.67. The van der Waals surface area contributed by atoms with Crippen molar-refractivity contribution in [3.63, 3.8) is 0 Å². The Morgan fingerprint density at radius 2 is 1.00 bits per heavy atom. The molecule has 3 nitrogen and oxygen atoms in total. The topological polar surface area (TPSA) is 54.4 Å². The van der Waals surface area contributed by atoms with Crippen LogP contribution in [0, 0.1) is 5.92 Å². The smallest absolute Gasteiger partial charge is 0.261 e. The van der Waals surface area contributed by atoms with Gasteiger partial charge < -0.3 is 0 Å². The quantitative estimate of drug-likeness (QED) is 0.721. The summed E-state index contributed by atoms with van der Waals surface area (Å²) in [5, 5.41) is 2.62. The van der Waals surface area contributed by atoms with Crippen molar-refractivity contribution < 1.29 is 13.0 Å². The molecule has 20 heavy (non-hydrogen) atoms. The molecule has 1 N–H and O–H groups in total. The Bertz CT molecular complexity index is 499. The molecule has 0 aliphatic carbocycles. The van der Waals surface area contributed by atoms with Gasteiger partial charge in [-0.1, -0.05) is 76.7 Å². The summed E-state index contributed by atoms with van der Waals surface area (Å²) >= 11 is 0. The Balaban J connectivity index is 0. The molecule has 0 aromatic heterocycles. The van der Waals surface area contributed by atoms with Gasteiger partial charge in [0, 0.05) is 0 Å². The van der Waals surface area contributed by atoms with Crippen LogP contribution in [0.15, 0.2) is 48.5 Å². The molecule has 0 spiro atoms. The zero-order valence-corrected chi connectivity index (χ0v) is 12.7. The van der Waals surface area contributed by atoms with Crippen LogP contribution < -0.4 is 0 Å². The highest BCUT2D eigenvalue weighted by Crippen LogP contribution is 2.11. The van der Waals surface area contributed by atoms with E-state index in [0.29, 0.717) is 6.26 Å². The number of hydrogen-bond donors (Lipinski definition) is 1. The van der Waals surface area contributed by atoms with Crippen molar-refractivity contribution in [2.75, 3.05) is 6.26 Å². The number of benzene rings is 2. The van der Waals surface area contributed by atoms with E-state index >= 15 is 0 Å². The molecular formula is C16H26O3S. The maximum absolute atomic E-state index is 9.19. The molecule has 0 amide bonds. The summed E-state index contributed by atoms with van der Waals surface area (Å²) in [6, 6.07) is 16.7. The van der Waals surface area contributed by atoms with Gasteiger partial charge in [-0.25, -0.2) is 0 Å². The highest BCUT2D eigenvalue weighted by molar-refractivity contribution is 7.85. The van der Waals surface area contributed by atoms with Crippen LogP contribution in [0.1, 0.15) is 28.2 Å². The monoisotopic (exact) mass is 298 g/mol. The summed E-state index contributed by atoms with van der Waals surface area (Å²) in [4.78, 5) is 0. The average Bonchev–Trinajstić information content (AvgIpc) is 2.26. The molecule has 0 heterocycles. The molecule has 0 fully saturated rings. The van der Waals surface area contributed by atoms with Crippen LogP contribution >= 0.6 is 0 Å². The third-order valence-corrected chi connectivity index (χ3v) is 1.66. The molecule has 0 atom stereocenters. The van der Waals surface area contributed by atoms with Crippen molar-refractivity contribution >= 4 is 20.9 Å². The maximum Gasteiger partial charge on any atom is 0.261 e. The van der Waals surface area contributed by atoms with Crippen LogP contribution in [0.25, 0.3) is 10.8 Å². The van der Waals surface area contributed by atoms with Gasteiger partial charge in [0.05, 0.1) is 6.26 Å². The molecule has 0 saturated heterocycles. The lowest BCUT2D eigenvalue weighted by atomic mass is 10.1. The van der Waals surface area contributed by atoms with E-state index in [1.165, 1.54) is 10.8 Å². The van der Waals surface area contributed by atoms with Crippen LogP contribution in [-0.4, -0.2) is 19.2 Å². The third kappa shape index (κ3) is 14.7. The normalized spacial score (nSPS) is 9.70. The lowest BCUT2D eigenvalue weighted by Gasteiger charge is -1.92. The molecule has 2 rings (SSSR count). The number of fused-ring (bicyclic) bond motifs is 1. The van der Waals surface area contributed by atoms with E-state index in [4.69, 9.17) is 4.55 Å². The Morgan fingerprint density at radius 3 is 1.15 bits per heavy atom. The van der Waals surface area contributed by atoms with Gasteiger partial charge in [-0.15, -0.1) is 0 Å². The van der Waals surface area contributed by atoms with Gasteiger partial charge in [0.2, 0.25) is 0 Å². The maximum atomic E-state index is 9.19. The molecule has 0 radical (unpaired) electrons. The second-order valence-corrected chi connectivity index (χ2v) is 6.28. The second kappa shape index (κ2) is 10.4. The largest absolute Gasteiger partial charge is 0.286 e. The zero-order valence-electron chi connectivity index (χ0n) is 11.9. The van der Waals surface area contributed by atoms with Gasteiger partial charge in [-0.2, -0.15) is 8.42 Å². The Hall–Kier alpha value is -1.39. The molecule has 0 aliphatic rings. The van der Waals surface area contributed by atoms with Crippen molar-refractivity contribution in [3.05, 3.63) is 48.5 Å². The van der Waals surface area contributed by atoms with E-state index < -0.39 is 10.1 Å². The van der Waals surface area contributed by atoms with Crippen molar-refractivity contribution in [1.29, 1.82) is 0 Å². The summed E-state index contributed by atoms with van der Waals surface area (Å²) in [6.45, 7) is 6.50. The van der Waals surface area contributed by atoms with Gasteiger partial charge in [0.1, 0.15) is 0 Å². The molecule has 0 aliphatic heterocycles. The number of hydrogen-bond acceptors (Lipinski definition) is 2. The van der Waals surface area contributed by atoms with E-state index in [2.05, 4.69) is 69.3 Å². The highest BCUT2D eigenvalue weighted by Gasteiger charge is 1.85. The van der Waals surface area contributed by atoms with Gasteiger partial charge in [0.15, 0.2) is 0 Å². The van der Waals surface area contributed by atoms with E-state index in [-0.39, 0.29) is 7.43 Å². The fraction of sp³-hybridized carbons (Fsp3) is 0.375.